The first-order chi connectivity index (χ1) is 14.9. The van der Waals surface area contributed by atoms with Crippen molar-refractivity contribution in [3.8, 4) is 17.3 Å². The number of morpholine rings is 1. The number of pyridine rings is 1. The number of aromatic nitrogens is 3. The van der Waals surface area contributed by atoms with Gasteiger partial charge in [-0.05, 0) is 35.2 Å². The first-order valence-electron chi connectivity index (χ1n) is 10.3. The summed E-state index contributed by atoms with van der Waals surface area (Å²) in [6.07, 6.45) is 1.19. The van der Waals surface area contributed by atoms with Crippen molar-refractivity contribution < 1.29 is 18.8 Å². The quantitative estimate of drug-likeness (QED) is 0.622. The van der Waals surface area contributed by atoms with Gasteiger partial charge in [0, 0.05) is 12.7 Å². The second-order valence-electron chi connectivity index (χ2n) is 8.43. The Labute approximate surface area is 181 Å². The van der Waals surface area contributed by atoms with Crippen LogP contribution in [0.5, 0.6) is 5.75 Å². The number of hydrogen-bond acceptors (Lipinski definition) is 7. The van der Waals surface area contributed by atoms with Gasteiger partial charge in [0.25, 0.3) is 11.8 Å². The number of nitrogens with zero attached hydrogens (tertiary/aromatic N) is 4. The van der Waals surface area contributed by atoms with Crippen molar-refractivity contribution in [3.05, 3.63) is 60.1 Å². The van der Waals surface area contributed by atoms with E-state index in [1.807, 2.05) is 36.4 Å². The number of carbonyl (C=O) groups excluding carboxylic acids is 1. The Morgan fingerprint density at radius 2 is 2.00 bits per heavy atom. The fourth-order valence-corrected chi connectivity index (χ4v) is 3.28. The minimum Gasteiger partial charge on any atom is -0.484 e. The highest BCUT2D eigenvalue weighted by molar-refractivity contribution is 5.78. The maximum absolute atomic E-state index is 12.7. The van der Waals surface area contributed by atoms with E-state index < -0.39 is 6.10 Å². The smallest absolute Gasteiger partial charge is 0.260 e. The molecule has 1 saturated heterocycles. The van der Waals surface area contributed by atoms with Gasteiger partial charge >= 0.3 is 0 Å². The van der Waals surface area contributed by atoms with Crippen LogP contribution in [-0.2, 0) is 14.9 Å². The molecule has 1 fully saturated rings. The molecule has 3 heterocycles. The van der Waals surface area contributed by atoms with Crippen LogP contribution in [-0.4, -0.2) is 52.2 Å². The van der Waals surface area contributed by atoms with Crippen LogP contribution >= 0.6 is 0 Å². The maximum Gasteiger partial charge on any atom is 0.260 e. The third-order valence-electron chi connectivity index (χ3n) is 5.11. The van der Waals surface area contributed by atoms with Crippen LogP contribution in [0.3, 0.4) is 0 Å². The van der Waals surface area contributed by atoms with Crippen LogP contribution < -0.4 is 4.74 Å². The van der Waals surface area contributed by atoms with Gasteiger partial charge in [0.15, 0.2) is 12.7 Å². The summed E-state index contributed by atoms with van der Waals surface area (Å²) < 4.78 is 16.8. The predicted molar refractivity (Wildman–Crippen MR) is 113 cm³/mol. The van der Waals surface area contributed by atoms with Crippen LogP contribution in [0.15, 0.2) is 53.2 Å². The van der Waals surface area contributed by atoms with E-state index in [2.05, 4.69) is 35.9 Å². The van der Waals surface area contributed by atoms with Gasteiger partial charge in [0.05, 0.1) is 13.2 Å². The molecule has 8 heteroatoms. The molecule has 0 N–H and O–H groups in total. The molecule has 162 valence electrons. The molecule has 1 unspecified atom stereocenters. The van der Waals surface area contributed by atoms with Gasteiger partial charge in [0.2, 0.25) is 5.82 Å². The fraction of sp³-hybridized carbons (Fsp3) is 0.391. The van der Waals surface area contributed by atoms with Gasteiger partial charge in [-0.1, -0.05) is 44.1 Å². The maximum atomic E-state index is 12.7. The number of amides is 1. The number of ether oxygens (including phenoxy) is 2. The topological polar surface area (TPSA) is 90.6 Å². The molecule has 1 aromatic carbocycles. The first kappa shape index (κ1) is 21.0. The summed E-state index contributed by atoms with van der Waals surface area (Å²) in [5.41, 5.74) is 1.90. The molecule has 1 amide bonds. The van der Waals surface area contributed by atoms with Crippen LogP contribution in [0.25, 0.3) is 11.5 Å². The summed E-state index contributed by atoms with van der Waals surface area (Å²) in [5, 5.41) is 3.98. The average Bonchev–Trinajstić information content (AvgIpc) is 3.28. The average molecular weight is 422 g/mol. The third kappa shape index (κ3) is 5.08. The molecule has 0 radical (unpaired) electrons. The summed E-state index contributed by atoms with van der Waals surface area (Å²) in [5.74, 6) is 1.28. The molecule has 0 saturated carbocycles. The lowest BCUT2D eigenvalue weighted by atomic mass is 9.87. The lowest BCUT2D eigenvalue weighted by molar-refractivity contribution is -0.142. The number of rotatable bonds is 5. The molecule has 4 rings (SSSR count). The summed E-state index contributed by atoms with van der Waals surface area (Å²) in [4.78, 5) is 23.0. The van der Waals surface area contributed by atoms with Gasteiger partial charge in [-0.3, -0.25) is 9.78 Å². The molecule has 3 aromatic rings. The van der Waals surface area contributed by atoms with Crippen molar-refractivity contribution in [2.75, 3.05) is 26.3 Å². The van der Waals surface area contributed by atoms with Crippen molar-refractivity contribution in [1.29, 1.82) is 0 Å². The largest absolute Gasteiger partial charge is 0.484 e. The number of carbonyl (C=O) groups is 1. The Morgan fingerprint density at radius 1 is 1.19 bits per heavy atom. The third-order valence-corrected chi connectivity index (χ3v) is 5.11. The van der Waals surface area contributed by atoms with E-state index in [1.165, 1.54) is 5.56 Å². The number of hydrogen-bond donors (Lipinski definition) is 0. The lowest BCUT2D eigenvalue weighted by Crippen LogP contribution is -2.44. The highest BCUT2D eigenvalue weighted by atomic mass is 16.5. The molecular formula is C23H26N4O4. The summed E-state index contributed by atoms with van der Waals surface area (Å²) in [6, 6.07) is 13.3. The Kier molecular flexibility index (Phi) is 5.99. The lowest BCUT2D eigenvalue weighted by Gasteiger charge is -2.31. The zero-order valence-electron chi connectivity index (χ0n) is 17.9. The molecule has 2 aromatic heterocycles. The van der Waals surface area contributed by atoms with Crippen molar-refractivity contribution in [3.63, 3.8) is 0 Å². The summed E-state index contributed by atoms with van der Waals surface area (Å²) in [6.45, 7) is 7.64. The van der Waals surface area contributed by atoms with Gasteiger partial charge < -0.3 is 18.9 Å². The van der Waals surface area contributed by atoms with E-state index in [0.717, 1.165) is 0 Å². The summed E-state index contributed by atoms with van der Waals surface area (Å²) in [7, 11) is 0. The second-order valence-corrected chi connectivity index (χ2v) is 8.43. The standard InChI is InChI=1S/C23H26N4O4/c1-23(2,3)16-7-9-17(10-8-16)30-15-20(28)27-12-13-29-19(14-27)22-25-21(26-31-22)18-6-4-5-11-24-18/h4-11,19H,12-15H2,1-3H3. The predicted octanol–water partition coefficient (Wildman–Crippen LogP) is 3.41. The van der Waals surface area contributed by atoms with Crippen LogP contribution in [0, 0.1) is 0 Å². The normalized spacial score (nSPS) is 16.9. The van der Waals surface area contributed by atoms with E-state index in [0.29, 0.717) is 42.9 Å². The Balaban J connectivity index is 1.34. The van der Waals surface area contributed by atoms with E-state index in [1.54, 1.807) is 17.2 Å². The molecule has 0 spiro atoms. The van der Waals surface area contributed by atoms with Crippen molar-refractivity contribution in [1.82, 2.24) is 20.0 Å². The minimum atomic E-state index is -0.478. The molecule has 0 aliphatic carbocycles. The molecule has 1 atom stereocenters. The van der Waals surface area contributed by atoms with E-state index in [-0.39, 0.29) is 17.9 Å². The molecule has 0 bridgehead atoms. The van der Waals surface area contributed by atoms with Gasteiger partial charge in [-0.15, -0.1) is 0 Å². The van der Waals surface area contributed by atoms with Gasteiger partial charge in [0.1, 0.15) is 11.4 Å². The Bertz CT molecular complexity index is 1010. The molecule has 1 aliphatic heterocycles. The van der Waals surface area contributed by atoms with E-state index >= 15 is 0 Å². The monoisotopic (exact) mass is 422 g/mol. The molecule has 8 nitrogen and oxygen atoms in total. The van der Waals surface area contributed by atoms with E-state index in [9.17, 15) is 4.79 Å². The highest BCUT2D eigenvalue weighted by Crippen LogP contribution is 2.25. The SMILES string of the molecule is CC(C)(C)c1ccc(OCC(=O)N2CCOC(c3nc(-c4ccccn4)no3)C2)cc1. The van der Waals surface area contributed by atoms with Crippen LogP contribution in [0.4, 0.5) is 0 Å². The summed E-state index contributed by atoms with van der Waals surface area (Å²) >= 11 is 0. The fourth-order valence-electron chi connectivity index (χ4n) is 3.28. The molecule has 31 heavy (non-hydrogen) atoms. The molecule has 1 aliphatic rings. The second kappa shape index (κ2) is 8.85. The number of benzene rings is 1. The van der Waals surface area contributed by atoms with Crippen LogP contribution in [0.1, 0.15) is 38.3 Å². The van der Waals surface area contributed by atoms with Crippen molar-refractivity contribution >= 4 is 5.91 Å². The van der Waals surface area contributed by atoms with Crippen molar-refractivity contribution in [2.24, 2.45) is 0 Å². The molecular weight excluding hydrogens is 396 g/mol. The minimum absolute atomic E-state index is 0.0371. The first-order valence-corrected chi connectivity index (χ1v) is 10.3. The van der Waals surface area contributed by atoms with Gasteiger partial charge in [-0.25, -0.2) is 0 Å². The highest BCUT2D eigenvalue weighted by Gasteiger charge is 2.30. The van der Waals surface area contributed by atoms with E-state index in [4.69, 9.17) is 14.0 Å². The van der Waals surface area contributed by atoms with Crippen molar-refractivity contribution in [2.45, 2.75) is 32.3 Å². The zero-order valence-corrected chi connectivity index (χ0v) is 17.9. The Morgan fingerprint density at radius 3 is 2.71 bits per heavy atom. The Hall–Kier alpha value is -3.26. The van der Waals surface area contributed by atoms with Gasteiger partial charge in [-0.2, -0.15) is 4.98 Å². The van der Waals surface area contributed by atoms with Crippen LogP contribution in [0.2, 0.25) is 0 Å². The zero-order chi connectivity index (χ0) is 21.8.